The number of carboxylic acid groups (broad SMARTS) is 1. The lowest BCUT2D eigenvalue weighted by Crippen LogP contribution is -2.55. The van der Waals surface area contributed by atoms with Crippen LogP contribution >= 0.6 is 11.6 Å². The zero-order chi connectivity index (χ0) is 19.5. The average molecular weight is 388 g/mol. The molecule has 138 valence electrons. The highest BCUT2D eigenvalue weighted by Crippen LogP contribution is 2.37. The third-order valence-corrected chi connectivity index (χ3v) is 3.65. The maximum Gasteiger partial charge on any atom is 0.416 e. The van der Waals surface area contributed by atoms with Crippen molar-refractivity contribution in [2.24, 2.45) is 0 Å². The predicted octanol–water partition coefficient (Wildman–Crippen LogP) is 3.81. The molecule has 26 heavy (non-hydrogen) atoms. The van der Waals surface area contributed by atoms with Crippen LogP contribution in [0.3, 0.4) is 0 Å². The van der Waals surface area contributed by atoms with Gasteiger partial charge in [0.25, 0.3) is 0 Å². The lowest BCUT2D eigenvalue weighted by Gasteiger charge is -2.31. The molecule has 1 atom stereocenters. The summed E-state index contributed by atoms with van der Waals surface area (Å²) < 4.78 is 43.7. The zero-order valence-electron chi connectivity index (χ0n) is 13.3. The first-order valence-electron chi connectivity index (χ1n) is 7.19. The highest BCUT2D eigenvalue weighted by atomic mass is 35.5. The second-order valence-corrected chi connectivity index (χ2v) is 5.69. The summed E-state index contributed by atoms with van der Waals surface area (Å²) in [5.41, 5.74) is -3.33. The van der Waals surface area contributed by atoms with Crippen LogP contribution in [0, 0.1) is 0 Å². The molecule has 5 nitrogen and oxygen atoms in total. The zero-order valence-corrected chi connectivity index (χ0v) is 14.1. The van der Waals surface area contributed by atoms with Gasteiger partial charge >= 0.3 is 17.9 Å². The third kappa shape index (κ3) is 4.08. The number of carbonyl (C=O) groups excluding carboxylic acids is 1. The lowest BCUT2D eigenvalue weighted by molar-refractivity contribution is -0.163. The van der Waals surface area contributed by atoms with Crippen LogP contribution in [0.15, 0.2) is 48.5 Å². The molecule has 0 saturated heterocycles. The number of hydrogen-bond acceptors (Lipinski definition) is 3. The number of nitrogens with one attached hydrogen (secondary N) is 1. The standard InChI is InChI=1S/C17H13ClF3NO4/c1-10(23)22-16(15(24)25,11-5-3-2-4-6-11)26-14-8-7-12(9-13(14)18)17(19,20)21/h2-9H,1H3,(H,22,23)(H,24,25). The summed E-state index contributed by atoms with van der Waals surface area (Å²) in [5.74, 6) is -2.63. The Bertz CT molecular complexity index is 827. The van der Waals surface area contributed by atoms with Crippen LogP contribution in [0.25, 0.3) is 0 Å². The third-order valence-electron chi connectivity index (χ3n) is 3.36. The van der Waals surface area contributed by atoms with E-state index in [0.29, 0.717) is 12.1 Å². The van der Waals surface area contributed by atoms with Crippen molar-refractivity contribution < 1.29 is 32.6 Å². The van der Waals surface area contributed by atoms with Crippen molar-refractivity contribution >= 4 is 23.5 Å². The van der Waals surface area contributed by atoms with Gasteiger partial charge in [-0.25, -0.2) is 4.79 Å². The summed E-state index contributed by atoms with van der Waals surface area (Å²) >= 11 is 5.84. The second-order valence-electron chi connectivity index (χ2n) is 5.28. The van der Waals surface area contributed by atoms with E-state index >= 15 is 0 Å². The van der Waals surface area contributed by atoms with E-state index in [2.05, 4.69) is 5.32 Å². The minimum absolute atomic E-state index is 0.0543. The largest absolute Gasteiger partial charge is 0.477 e. The monoisotopic (exact) mass is 387 g/mol. The smallest absolute Gasteiger partial charge is 0.416 e. The minimum atomic E-state index is -4.62. The van der Waals surface area contributed by atoms with Crippen molar-refractivity contribution in [1.29, 1.82) is 0 Å². The first-order chi connectivity index (χ1) is 12.1. The minimum Gasteiger partial charge on any atom is -0.477 e. The highest BCUT2D eigenvalue weighted by molar-refractivity contribution is 6.32. The number of hydrogen-bond donors (Lipinski definition) is 2. The van der Waals surface area contributed by atoms with Gasteiger partial charge in [0.15, 0.2) is 0 Å². The van der Waals surface area contributed by atoms with E-state index in [9.17, 15) is 27.9 Å². The number of amides is 1. The Balaban J connectivity index is 2.54. The Morgan fingerprint density at radius 3 is 2.15 bits per heavy atom. The molecule has 0 aromatic heterocycles. The van der Waals surface area contributed by atoms with Crippen molar-refractivity contribution in [2.45, 2.75) is 18.8 Å². The molecule has 0 aliphatic rings. The quantitative estimate of drug-likeness (QED) is 0.765. The normalized spacial score (nSPS) is 13.6. The van der Waals surface area contributed by atoms with Crippen molar-refractivity contribution in [3.63, 3.8) is 0 Å². The lowest BCUT2D eigenvalue weighted by atomic mass is 10.0. The van der Waals surface area contributed by atoms with Crippen LogP contribution < -0.4 is 10.1 Å². The van der Waals surface area contributed by atoms with Gasteiger partial charge in [-0.3, -0.25) is 4.79 Å². The first kappa shape index (κ1) is 19.6. The summed E-state index contributed by atoms with van der Waals surface area (Å²) in [7, 11) is 0. The Morgan fingerprint density at radius 1 is 1.08 bits per heavy atom. The van der Waals surface area contributed by atoms with Gasteiger partial charge in [0.1, 0.15) is 5.75 Å². The number of aliphatic carboxylic acids is 1. The molecule has 2 rings (SSSR count). The van der Waals surface area contributed by atoms with E-state index in [1.807, 2.05) is 0 Å². The predicted molar refractivity (Wildman–Crippen MR) is 86.7 cm³/mol. The van der Waals surface area contributed by atoms with Gasteiger partial charge in [0, 0.05) is 12.5 Å². The fraction of sp³-hybridized carbons (Fsp3) is 0.176. The number of carboxylic acids is 1. The van der Waals surface area contributed by atoms with Crippen molar-refractivity contribution in [1.82, 2.24) is 5.32 Å². The first-order valence-corrected chi connectivity index (χ1v) is 7.57. The molecular formula is C17H13ClF3NO4. The van der Waals surface area contributed by atoms with Crippen LogP contribution in [-0.4, -0.2) is 17.0 Å². The van der Waals surface area contributed by atoms with E-state index in [4.69, 9.17) is 16.3 Å². The summed E-state index contributed by atoms with van der Waals surface area (Å²) in [6.45, 7) is 1.08. The van der Waals surface area contributed by atoms with Gasteiger partial charge in [-0.1, -0.05) is 41.9 Å². The number of ether oxygens (including phenoxy) is 1. The van der Waals surface area contributed by atoms with Gasteiger partial charge in [0.2, 0.25) is 5.91 Å². The van der Waals surface area contributed by atoms with Crippen LogP contribution in [0.4, 0.5) is 13.2 Å². The van der Waals surface area contributed by atoms with Gasteiger partial charge in [-0.2, -0.15) is 13.2 Å². The molecule has 0 fully saturated rings. The molecule has 0 saturated carbocycles. The fourth-order valence-corrected chi connectivity index (χ4v) is 2.44. The van der Waals surface area contributed by atoms with Crippen LogP contribution in [0.2, 0.25) is 5.02 Å². The van der Waals surface area contributed by atoms with Crippen molar-refractivity contribution in [2.75, 3.05) is 0 Å². The molecule has 0 aliphatic carbocycles. The Morgan fingerprint density at radius 2 is 1.69 bits per heavy atom. The van der Waals surface area contributed by atoms with Gasteiger partial charge < -0.3 is 15.2 Å². The van der Waals surface area contributed by atoms with E-state index in [1.165, 1.54) is 24.3 Å². The van der Waals surface area contributed by atoms with E-state index in [-0.39, 0.29) is 11.3 Å². The van der Waals surface area contributed by atoms with Crippen LogP contribution in [0.5, 0.6) is 5.75 Å². The molecule has 1 unspecified atom stereocenters. The summed E-state index contributed by atoms with van der Waals surface area (Å²) in [4.78, 5) is 23.5. The molecule has 0 spiro atoms. The molecular weight excluding hydrogens is 375 g/mol. The molecule has 0 bridgehead atoms. The molecule has 2 aromatic carbocycles. The Kier molecular flexibility index (Phi) is 5.46. The summed E-state index contributed by atoms with van der Waals surface area (Å²) in [6.07, 6.45) is -4.62. The van der Waals surface area contributed by atoms with E-state index in [1.54, 1.807) is 6.07 Å². The average Bonchev–Trinajstić information content (AvgIpc) is 2.55. The SMILES string of the molecule is CC(=O)NC(Oc1ccc(C(F)(F)F)cc1Cl)(C(=O)O)c1ccccc1. The van der Waals surface area contributed by atoms with Gasteiger partial charge in [-0.05, 0) is 18.2 Å². The fourth-order valence-electron chi connectivity index (χ4n) is 2.22. The molecule has 0 radical (unpaired) electrons. The summed E-state index contributed by atoms with van der Waals surface area (Å²) in [5, 5.41) is 11.4. The Labute approximate surface area is 151 Å². The van der Waals surface area contributed by atoms with Gasteiger partial charge in [0.05, 0.1) is 10.6 Å². The molecule has 1 amide bonds. The topological polar surface area (TPSA) is 75.6 Å². The number of rotatable bonds is 5. The second kappa shape index (κ2) is 7.25. The molecule has 2 N–H and O–H groups in total. The van der Waals surface area contributed by atoms with Crippen molar-refractivity contribution in [3.8, 4) is 5.75 Å². The number of benzene rings is 2. The summed E-state index contributed by atoms with van der Waals surface area (Å²) in [6, 6.07) is 9.65. The van der Waals surface area contributed by atoms with Crippen LogP contribution in [-0.2, 0) is 21.5 Å². The van der Waals surface area contributed by atoms with E-state index in [0.717, 1.165) is 13.0 Å². The molecule has 9 heteroatoms. The number of halogens is 4. The molecule has 0 aliphatic heterocycles. The van der Waals surface area contributed by atoms with Crippen molar-refractivity contribution in [3.05, 3.63) is 64.7 Å². The number of carbonyl (C=O) groups is 2. The molecule has 2 aromatic rings. The van der Waals surface area contributed by atoms with E-state index < -0.39 is 34.4 Å². The molecule has 0 heterocycles. The maximum absolute atomic E-state index is 12.8. The highest BCUT2D eigenvalue weighted by Gasteiger charge is 2.45. The van der Waals surface area contributed by atoms with Crippen LogP contribution in [0.1, 0.15) is 18.1 Å². The Hall–Kier alpha value is -2.74. The maximum atomic E-state index is 12.8. The number of alkyl halides is 3. The van der Waals surface area contributed by atoms with Gasteiger partial charge in [-0.15, -0.1) is 0 Å².